The van der Waals surface area contributed by atoms with Crippen molar-refractivity contribution in [3.05, 3.63) is 34.9 Å². The Morgan fingerprint density at radius 2 is 2.10 bits per heavy atom. The highest BCUT2D eigenvalue weighted by Crippen LogP contribution is 2.30. The highest BCUT2D eigenvalue weighted by molar-refractivity contribution is 6.05. The zero-order chi connectivity index (χ0) is 21.3. The minimum atomic E-state index is -0.806. The Balaban J connectivity index is 1.41. The maximum Gasteiger partial charge on any atom is 0.255 e. The second-order valence-electron chi connectivity index (χ2n) is 8.85. The Morgan fingerprint density at radius 3 is 2.83 bits per heavy atom. The first kappa shape index (κ1) is 21.0. The fourth-order valence-corrected chi connectivity index (χ4v) is 4.79. The Bertz CT molecular complexity index is 848. The molecule has 2 saturated heterocycles. The van der Waals surface area contributed by atoms with Gasteiger partial charge in [0.2, 0.25) is 11.8 Å². The first-order valence-electron chi connectivity index (χ1n) is 10.8. The molecule has 3 aliphatic rings. The molecule has 0 spiro atoms. The number of rotatable bonds is 6. The molecule has 0 saturated carbocycles. The van der Waals surface area contributed by atoms with Crippen LogP contribution in [0.2, 0.25) is 0 Å². The smallest absolute Gasteiger partial charge is 0.255 e. The second-order valence-corrected chi connectivity index (χ2v) is 8.85. The summed E-state index contributed by atoms with van der Waals surface area (Å²) in [5, 5.41) is 19.9. The minimum Gasteiger partial charge on any atom is -0.389 e. The first-order chi connectivity index (χ1) is 14.4. The zero-order valence-electron chi connectivity index (χ0n) is 17.4. The average Bonchev–Trinajstić information content (AvgIpc) is 3.06. The molecule has 3 amide bonds. The molecule has 1 aromatic carbocycles. The largest absolute Gasteiger partial charge is 0.389 e. The normalized spacial score (nSPS) is 26.3. The van der Waals surface area contributed by atoms with Crippen LogP contribution >= 0.6 is 0 Å². The number of carbonyl (C=O) groups excluding carboxylic acids is 3. The van der Waals surface area contributed by atoms with Crippen molar-refractivity contribution in [2.75, 3.05) is 19.6 Å². The standard InChI is InChI=1S/C22H30N4O4/c1-22(30,15-5-3-9-23-11-15)13-24-10-14-4-2-6-16-17(14)12-26(21(16)29)18-7-8-19(27)25-20(18)28/h2,4,6,15,18,23-24,30H,3,5,7-13H2,1H3,(H,25,27,28). The van der Waals surface area contributed by atoms with Gasteiger partial charge in [0.1, 0.15) is 6.04 Å². The molecule has 8 heteroatoms. The van der Waals surface area contributed by atoms with Crippen LogP contribution in [-0.2, 0) is 22.7 Å². The van der Waals surface area contributed by atoms with Crippen LogP contribution in [0.25, 0.3) is 0 Å². The number of nitrogens with zero attached hydrogens (tertiary/aromatic N) is 1. The number of fused-ring (bicyclic) bond motifs is 1. The van der Waals surface area contributed by atoms with Crippen LogP contribution in [0.5, 0.6) is 0 Å². The fraction of sp³-hybridized carbons (Fsp3) is 0.591. The van der Waals surface area contributed by atoms with Crippen molar-refractivity contribution in [2.45, 2.75) is 57.3 Å². The van der Waals surface area contributed by atoms with Gasteiger partial charge in [-0.3, -0.25) is 19.7 Å². The molecule has 3 atom stereocenters. The summed E-state index contributed by atoms with van der Waals surface area (Å²) in [5.74, 6) is -0.638. The molecule has 0 radical (unpaired) electrons. The van der Waals surface area contributed by atoms with Crippen molar-refractivity contribution in [3.63, 3.8) is 0 Å². The van der Waals surface area contributed by atoms with Gasteiger partial charge in [-0.15, -0.1) is 0 Å². The van der Waals surface area contributed by atoms with Crippen molar-refractivity contribution < 1.29 is 19.5 Å². The molecular formula is C22H30N4O4. The highest BCUT2D eigenvalue weighted by Gasteiger charge is 2.40. The Morgan fingerprint density at radius 1 is 1.27 bits per heavy atom. The van der Waals surface area contributed by atoms with Gasteiger partial charge in [0.05, 0.1) is 5.60 Å². The van der Waals surface area contributed by atoms with E-state index in [4.69, 9.17) is 0 Å². The molecule has 0 aliphatic carbocycles. The number of piperidine rings is 2. The quantitative estimate of drug-likeness (QED) is 0.498. The van der Waals surface area contributed by atoms with Crippen LogP contribution in [0, 0.1) is 5.92 Å². The molecule has 1 aromatic rings. The summed E-state index contributed by atoms with van der Waals surface area (Å²) in [5.41, 5.74) is 1.72. The predicted octanol–water partition coefficient (Wildman–Crippen LogP) is 0.288. The monoisotopic (exact) mass is 414 g/mol. The van der Waals surface area contributed by atoms with Gasteiger partial charge >= 0.3 is 0 Å². The zero-order valence-corrected chi connectivity index (χ0v) is 17.4. The van der Waals surface area contributed by atoms with E-state index in [9.17, 15) is 19.5 Å². The van der Waals surface area contributed by atoms with Crippen molar-refractivity contribution in [1.82, 2.24) is 20.9 Å². The van der Waals surface area contributed by atoms with Crippen molar-refractivity contribution >= 4 is 17.7 Å². The van der Waals surface area contributed by atoms with Crippen molar-refractivity contribution in [1.29, 1.82) is 0 Å². The van der Waals surface area contributed by atoms with E-state index in [2.05, 4.69) is 16.0 Å². The molecule has 30 heavy (non-hydrogen) atoms. The van der Waals surface area contributed by atoms with E-state index in [0.717, 1.165) is 37.1 Å². The summed E-state index contributed by atoms with van der Waals surface area (Å²) in [6, 6.07) is 5.01. The molecule has 8 nitrogen and oxygen atoms in total. The Hall–Kier alpha value is -2.29. The molecule has 162 valence electrons. The van der Waals surface area contributed by atoms with Crippen LogP contribution < -0.4 is 16.0 Å². The van der Waals surface area contributed by atoms with Gasteiger partial charge in [0.15, 0.2) is 0 Å². The van der Waals surface area contributed by atoms with E-state index in [-0.39, 0.29) is 24.2 Å². The minimum absolute atomic E-state index is 0.165. The summed E-state index contributed by atoms with van der Waals surface area (Å²) in [6.07, 6.45) is 2.69. The lowest BCUT2D eigenvalue weighted by molar-refractivity contribution is -0.136. The van der Waals surface area contributed by atoms with Gasteiger partial charge in [-0.25, -0.2) is 0 Å². The summed E-state index contributed by atoms with van der Waals surface area (Å²) in [4.78, 5) is 38.1. The van der Waals surface area contributed by atoms with E-state index < -0.39 is 17.6 Å². The number of hydrogen-bond donors (Lipinski definition) is 4. The van der Waals surface area contributed by atoms with Crippen LogP contribution in [0.15, 0.2) is 18.2 Å². The lowest BCUT2D eigenvalue weighted by atomic mass is 9.83. The third-order valence-corrected chi connectivity index (χ3v) is 6.65. The van der Waals surface area contributed by atoms with E-state index in [0.29, 0.717) is 31.6 Å². The molecule has 3 heterocycles. The van der Waals surface area contributed by atoms with Crippen molar-refractivity contribution in [3.8, 4) is 0 Å². The van der Waals surface area contributed by atoms with E-state index in [1.165, 1.54) is 0 Å². The van der Waals surface area contributed by atoms with Crippen LogP contribution in [-0.4, -0.2) is 59.0 Å². The second kappa shape index (κ2) is 8.45. The topological polar surface area (TPSA) is 111 Å². The Kier molecular flexibility index (Phi) is 5.90. The predicted molar refractivity (Wildman–Crippen MR) is 110 cm³/mol. The van der Waals surface area contributed by atoms with E-state index in [1.54, 1.807) is 11.0 Å². The molecule has 4 N–H and O–H groups in total. The number of hydrogen-bond acceptors (Lipinski definition) is 6. The number of imide groups is 1. The Labute approximate surface area is 176 Å². The van der Waals surface area contributed by atoms with Gasteiger partial charge in [0.25, 0.3) is 5.91 Å². The first-order valence-corrected chi connectivity index (χ1v) is 10.8. The summed E-state index contributed by atoms with van der Waals surface area (Å²) < 4.78 is 0. The molecule has 0 aromatic heterocycles. The third-order valence-electron chi connectivity index (χ3n) is 6.65. The number of benzene rings is 1. The fourth-order valence-electron chi connectivity index (χ4n) is 4.79. The lowest BCUT2D eigenvalue weighted by Crippen LogP contribution is -2.52. The molecule has 3 unspecified atom stereocenters. The summed E-state index contributed by atoms with van der Waals surface area (Å²) >= 11 is 0. The molecule has 2 fully saturated rings. The molecule has 3 aliphatic heterocycles. The number of aliphatic hydroxyl groups is 1. The molecule has 4 rings (SSSR count). The maximum absolute atomic E-state index is 12.9. The highest BCUT2D eigenvalue weighted by atomic mass is 16.3. The lowest BCUT2D eigenvalue weighted by Gasteiger charge is -2.36. The van der Waals surface area contributed by atoms with Gasteiger partial charge in [-0.05, 0) is 49.9 Å². The maximum atomic E-state index is 12.9. The van der Waals surface area contributed by atoms with Crippen LogP contribution in [0.1, 0.15) is 54.1 Å². The third kappa shape index (κ3) is 4.12. The van der Waals surface area contributed by atoms with Gasteiger partial charge in [0, 0.05) is 44.1 Å². The number of carbonyl (C=O) groups is 3. The summed E-state index contributed by atoms with van der Waals surface area (Å²) in [7, 11) is 0. The van der Waals surface area contributed by atoms with E-state index >= 15 is 0 Å². The molecular weight excluding hydrogens is 384 g/mol. The molecule has 0 bridgehead atoms. The van der Waals surface area contributed by atoms with Gasteiger partial charge in [-0.2, -0.15) is 0 Å². The SMILES string of the molecule is CC(O)(CNCc1cccc2c1CN(C1CCC(=O)NC1=O)C2=O)C1CCCNC1. The average molecular weight is 415 g/mol. The van der Waals surface area contributed by atoms with Crippen LogP contribution in [0.4, 0.5) is 0 Å². The van der Waals surface area contributed by atoms with E-state index in [1.807, 2.05) is 19.1 Å². The number of nitrogens with one attached hydrogen (secondary N) is 3. The van der Waals surface area contributed by atoms with Crippen LogP contribution in [0.3, 0.4) is 0 Å². The summed E-state index contributed by atoms with van der Waals surface area (Å²) in [6.45, 7) is 5.07. The van der Waals surface area contributed by atoms with Crippen molar-refractivity contribution in [2.24, 2.45) is 5.92 Å². The number of amides is 3. The van der Waals surface area contributed by atoms with Gasteiger partial charge in [-0.1, -0.05) is 12.1 Å². The van der Waals surface area contributed by atoms with Gasteiger partial charge < -0.3 is 20.6 Å².